The fourth-order valence-corrected chi connectivity index (χ4v) is 4.13. The van der Waals surface area contributed by atoms with Gasteiger partial charge in [0.15, 0.2) is 5.78 Å². The number of hydrogen-bond donors (Lipinski definition) is 2. The third-order valence-electron chi connectivity index (χ3n) is 5.97. The molecule has 1 saturated heterocycles. The lowest BCUT2D eigenvalue weighted by Gasteiger charge is -2.22. The van der Waals surface area contributed by atoms with Crippen molar-refractivity contribution in [3.8, 4) is 5.75 Å². The van der Waals surface area contributed by atoms with E-state index < -0.39 is 12.5 Å². The Balaban J connectivity index is 0.000000384. The van der Waals surface area contributed by atoms with Crippen LogP contribution < -0.4 is 15.4 Å². The summed E-state index contributed by atoms with van der Waals surface area (Å²) < 4.78 is 34.8. The van der Waals surface area contributed by atoms with Gasteiger partial charge in [-0.2, -0.15) is 8.78 Å². The first kappa shape index (κ1) is 29.1. The van der Waals surface area contributed by atoms with Crippen LogP contribution >= 0.6 is 0 Å². The van der Waals surface area contributed by atoms with Gasteiger partial charge in [-0.15, -0.1) is 0 Å². The highest BCUT2D eigenvalue weighted by atomic mass is 19.3. The van der Waals surface area contributed by atoms with Crippen LogP contribution in [-0.4, -0.2) is 37.7 Å². The Kier molecular flexibility index (Phi) is 11.2. The van der Waals surface area contributed by atoms with Crippen LogP contribution in [0.2, 0.25) is 0 Å². The van der Waals surface area contributed by atoms with Crippen molar-refractivity contribution in [2.45, 2.75) is 65.0 Å². The molecular formula is C28H36F2N2O4. The zero-order valence-electron chi connectivity index (χ0n) is 21.2. The van der Waals surface area contributed by atoms with Gasteiger partial charge in [-0.3, -0.25) is 9.59 Å². The lowest BCUT2D eigenvalue weighted by molar-refractivity contribution is -0.125. The second kappa shape index (κ2) is 13.8. The van der Waals surface area contributed by atoms with Crippen LogP contribution in [0.4, 0.5) is 8.78 Å². The SMILES string of the molecule is C=O.CC(C)Oc1ccccc1C(F)(F)CNCc1ccc2c(c1)CCC2=O.CC1CCCNC1=O. The molecule has 1 unspecified atom stereocenters. The Morgan fingerprint density at radius 1 is 1.14 bits per heavy atom. The second-order valence-electron chi connectivity index (χ2n) is 9.22. The third-order valence-corrected chi connectivity index (χ3v) is 5.97. The summed E-state index contributed by atoms with van der Waals surface area (Å²) in [6.07, 6.45) is 3.31. The summed E-state index contributed by atoms with van der Waals surface area (Å²) in [7, 11) is 0. The lowest BCUT2D eigenvalue weighted by atomic mass is 10.0. The first-order valence-corrected chi connectivity index (χ1v) is 12.2. The van der Waals surface area contributed by atoms with Crippen LogP contribution in [0.1, 0.15) is 67.1 Å². The number of carbonyl (C=O) groups excluding carboxylic acids is 3. The summed E-state index contributed by atoms with van der Waals surface area (Å²) >= 11 is 0. The molecule has 2 N–H and O–H groups in total. The number of aryl methyl sites for hydroxylation is 1. The minimum atomic E-state index is -3.04. The Bertz CT molecular complexity index is 1030. The number of ether oxygens (including phenoxy) is 1. The molecule has 0 saturated carbocycles. The van der Waals surface area contributed by atoms with Crippen LogP contribution in [0.3, 0.4) is 0 Å². The zero-order chi connectivity index (χ0) is 26.7. The maximum absolute atomic E-state index is 14.7. The van der Waals surface area contributed by atoms with Crippen LogP contribution in [0.25, 0.3) is 0 Å². The van der Waals surface area contributed by atoms with Crippen LogP contribution in [0.15, 0.2) is 42.5 Å². The normalized spacial score (nSPS) is 16.8. The minimum Gasteiger partial charge on any atom is -0.490 e. The topological polar surface area (TPSA) is 84.5 Å². The molecule has 2 aromatic rings. The molecule has 0 bridgehead atoms. The van der Waals surface area contributed by atoms with E-state index in [4.69, 9.17) is 9.53 Å². The van der Waals surface area contributed by atoms with E-state index in [1.807, 2.05) is 39.7 Å². The maximum atomic E-state index is 14.7. The van der Waals surface area contributed by atoms with Gasteiger partial charge in [0, 0.05) is 31.0 Å². The standard InChI is InChI=1S/C21H23F2NO2.C6H11NO.CH2O/c1-14(2)26-20-6-4-3-5-18(20)21(22,23)13-24-12-15-7-9-17-16(11-15)8-10-19(17)25;1-5-3-2-4-7-6(5)8;1-2/h3-7,9,11,14,24H,8,10,12-13H2,1-2H3;5H,2-4H2,1H3,(H,7,8);1H2. The Labute approximate surface area is 211 Å². The highest BCUT2D eigenvalue weighted by Gasteiger charge is 2.34. The Morgan fingerprint density at radius 3 is 2.50 bits per heavy atom. The van der Waals surface area contributed by atoms with Gasteiger partial charge in [-0.25, -0.2) is 0 Å². The molecule has 196 valence electrons. The first-order valence-electron chi connectivity index (χ1n) is 12.2. The van der Waals surface area contributed by atoms with E-state index in [-0.39, 0.29) is 35.0 Å². The van der Waals surface area contributed by atoms with Gasteiger partial charge in [0.05, 0.1) is 18.2 Å². The summed E-state index contributed by atoms with van der Waals surface area (Å²) in [5, 5.41) is 5.63. The lowest BCUT2D eigenvalue weighted by Crippen LogP contribution is -2.34. The van der Waals surface area contributed by atoms with E-state index in [2.05, 4.69) is 10.6 Å². The third kappa shape index (κ3) is 8.22. The molecular weight excluding hydrogens is 466 g/mol. The van der Waals surface area contributed by atoms with E-state index in [1.54, 1.807) is 24.3 Å². The fraction of sp³-hybridized carbons (Fsp3) is 0.464. The van der Waals surface area contributed by atoms with Gasteiger partial charge in [0.2, 0.25) is 5.91 Å². The van der Waals surface area contributed by atoms with Crippen molar-refractivity contribution >= 4 is 18.5 Å². The maximum Gasteiger partial charge on any atom is 0.288 e. The Hall–Kier alpha value is -3.13. The van der Waals surface area contributed by atoms with Gasteiger partial charge in [-0.1, -0.05) is 37.3 Å². The molecule has 0 spiro atoms. The van der Waals surface area contributed by atoms with Crippen LogP contribution in [0, 0.1) is 5.92 Å². The zero-order valence-corrected chi connectivity index (χ0v) is 21.2. The average Bonchev–Trinajstić information content (AvgIpc) is 3.22. The van der Waals surface area contributed by atoms with Crippen molar-refractivity contribution in [1.82, 2.24) is 10.6 Å². The molecule has 6 nitrogen and oxygen atoms in total. The molecule has 1 amide bonds. The summed E-state index contributed by atoms with van der Waals surface area (Å²) in [6.45, 7) is 8.31. The van der Waals surface area contributed by atoms with Crippen molar-refractivity contribution in [3.63, 3.8) is 0 Å². The predicted molar refractivity (Wildman–Crippen MR) is 135 cm³/mol. The van der Waals surface area contributed by atoms with Crippen molar-refractivity contribution < 1.29 is 27.9 Å². The minimum absolute atomic E-state index is 0.110. The van der Waals surface area contributed by atoms with E-state index >= 15 is 0 Å². The largest absolute Gasteiger partial charge is 0.490 e. The molecule has 2 aliphatic rings. The number of carbonyl (C=O) groups is 3. The second-order valence-corrected chi connectivity index (χ2v) is 9.22. The number of fused-ring (bicyclic) bond motifs is 1. The van der Waals surface area contributed by atoms with Gasteiger partial charge in [0.1, 0.15) is 12.5 Å². The molecule has 0 radical (unpaired) electrons. The summed E-state index contributed by atoms with van der Waals surface area (Å²) in [4.78, 5) is 30.3. The van der Waals surface area contributed by atoms with E-state index in [9.17, 15) is 18.4 Å². The van der Waals surface area contributed by atoms with Gasteiger partial charge in [0.25, 0.3) is 5.92 Å². The number of rotatable bonds is 7. The van der Waals surface area contributed by atoms with E-state index in [0.29, 0.717) is 13.0 Å². The highest BCUT2D eigenvalue weighted by Crippen LogP contribution is 2.35. The number of benzene rings is 2. The molecule has 4 rings (SSSR count). The molecule has 8 heteroatoms. The summed E-state index contributed by atoms with van der Waals surface area (Å²) in [6, 6.07) is 11.8. The van der Waals surface area contributed by atoms with Crippen LogP contribution in [0.5, 0.6) is 5.75 Å². The van der Waals surface area contributed by atoms with Crippen molar-refractivity contribution in [2.24, 2.45) is 5.92 Å². The van der Waals surface area contributed by atoms with Gasteiger partial charge in [-0.05, 0) is 56.4 Å². The van der Waals surface area contributed by atoms with Gasteiger partial charge < -0.3 is 20.2 Å². The van der Waals surface area contributed by atoms with Gasteiger partial charge >= 0.3 is 0 Å². The molecule has 1 heterocycles. The fourth-order valence-electron chi connectivity index (χ4n) is 4.13. The van der Waals surface area contributed by atoms with Crippen LogP contribution in [-0.2, 0) is 28.5 Å². The summed E-state index contributed by atoms with van der Waals surface area (Å²) in [5.41, 5.74) is 2.57. The molecule has 1 aliphatic carbocycles. The monoisotopic (exact) mass is 502 g/mol. The van der Waals surface area contributed by atoms with Crippen molar-refractivity contribution in [2.75, 3.05) is 13.1 Å². The summed E-state index contributed by atoms with van der Waals surface area (Å²) in [5.74, 6) is -2.20. The molecule has 1 atom stereocenters. The molecule has 0 aromatic heterocycles. The number of halogens is 2. The number of para-hydroxylation sites is 1. The molecule has 1 fully saturated rings. The van der Waals surface area contributed by atoms with Crippen molar-refractivity contribution in [1.29, 1.82) is 0 Å². The average molecular weight is 503 g/mol. The number of piperidine rings is 1. The van der Waals surface area contributed by atoms with E-state index in [0.717, 1.165) is 42.5 Å². The number of nitrogens with one attached hydrogen (secondary N) is 2. The first-order chi connectivity index (χ1) is 17.2. The smallest absolute Gasteiger partial charge is 0.288 e. The van der Waals surface area contributed by atoms with E-state index in [1.165, 1.54) is 6.07 Å². The highest BCUT2D eigenvalue weighted by molar-refractivity contribution is 6.00. The number of amides is 1. The molecule has 1 aliphatic heterocycles. The Morgan fingerprint density at radius 2 is 1.86 bits per heavy atom. The quantitative estimate of drug-likeness (QED) is 0.567. The molecule has 2 aromatic carbocycles. The molecule has 36 heavy (non-hydrogen) atoms. The van der Waals surface area contributed by atoms with Crippen molar-refractivity contribution in [3.05, 3.63) is 64.7 Å². The number of hydrogen-bond acceptors (Lipinski definition) is 5. The number of ketones is 1. The predicted octanol–water partition coefficient (Wildman–Crippen LogP) is 4.83. The number of Topliss-reactive ketones (excluding diaryl/α,β-unsaturated/α-hetero) is 1. The number of alkyl halides is 2.